The fourth-order valence-corrected chi connectivity index (χ4v) is 4.83. The molecule has 0 bridgehead atoms. The van der Waals surface area contributed by atoms with E-state index in [0.29, 0.717) is 28.5 Å². The second-order valence-corrected chi connectivity index (χ2v) is 8.50. The maximum absolute atomic E-state index is 13.4. The van der Waals surface area contributed by atoms with Gasteiger partial charge in [0.25, 0.3) is 5.56 Å². The van der Waals surface area contributed by atoms with E-state index in [1.54, 1.807) is 16.6 Å². The fraction of sp³-hybridized carbons (Fsp3) is 0.391. The van der Waals surface area contributed by atoms with Crippen LogP contribution in [0.3, 0.4) is 0 Å². The normalized spacial score (nSPS) is 22.1. The summed E-state index contributed by atoms with van der Waals surface area (Å²) in [5.74, 6) is 0.728. The highest BCUT2D eigenvalue weighted by molar-refractivity contribution is 5.84. The molecule has 1 saturated carbocycles. The van der Waals surface area contributed by atoms with Gasteiger partial charge in [-0.2, -0.15) is 5.10 Å². The second kappa shape index (κ2) is 7.00. The number of pyridine rings is 1. The summed E-state index contributed by atoms with van der Waals surface area (Å²) in [6.45, 7) is 6.37. The predicted octanol–water partition coefficient (Wildman–Crippen LogP) is 4.55. The third kappa shape index (κ3) is 2.83. The highest BCUT2D eigenvalue weighted by Crippen LogP contribution is 2.37. The van der Waals surface area contributed by atoms with E-state index >= 15 is 0 Å². The Bertz CT molecular complexity index is 1310. The maximum Gasteiger partial charge on any atom is 0.280 e. The fourth-order valence-electron chi connectivity index (χ4n) is 4.83. The van der Waals surface area contributed by atoms with Crippen LogP contribution < -0.4 is 5.56 Å². The average molecular weight is 405 g/mol. The van der Waals surface area contributed by atoms with Crippen molar-refractivity contribution in [1.82, 2.24) is 24.4 Å². The first-order valence-electron chi connectivity index (χ1n) is 10.5. The van der Waals surface area contributed by atoms with Gasteiger partial charge in [0.2, 0.25) is 0 Å². The number of aromatic nitrogens is 5. The molecule has 5 rings (SSSR count). The van der Waals surface area contributed by atoms with Crippen molar-refractivity contribution in [3.8, 4) is 11.1 Å². The molecule has 1 aliphatic rings. The minimum Gasteiger partial charge on any atom is -0.310 e. The van der Waals surface area contributed by atoms with Gasteiger partial charge in [-0.05, 0) is 48.9 Å². The zero-order valence-electron chi connectivity index (χ0n) is 17.3. The lowest BCUT2D eigenvalue weighted by atomic mass is 9.78. The highest BCUT2D eigenvalue weighted by atomic mass is 19.1. The summed E-state index contributed by atoms with van der Waals surface area (Å²) in [7, 11) is 0. The topological polar surface area (TPSA) is 65.1 Å². The van der Waals surface area contributed by atoms with Crippen molar-refractivity contribution in [3.63, 3.8) is 0 Å². The Hall–Kier alpha value is -3.09. The van der Waals surface area contributed by atoms with Gasteiger partial charge in [0, 0.05) is 12.2 Å². The van der Waals surface area contributed by atoms with Gasteiger partial charge in [0.05, 0.1) is 11.3 Å². The van der Waals surface area contributed by atoms with E-state index in [0.717, 1.165) is 29.7 Å². The average Bonchev–Trinajstić information content (AvgIpc) is 3.08. The lowest BCUT2D eigenvalue weighted by Gasteiger charge is -2.35. The number of hydrogen-bond donors (Lipinski definition) is 0. The molecule has 30 heavy (non-hydrogen) atoms. The van der Waals surface area contributed by atoms with Crippen molar-refractivity contribution in [2.24, 2.45) is 11.8 Å². The molecule has 0 radical (unpaired) electrons. The molecule has 7 heteroatoms. The largest absolute Gasteiger partial charge is 0.310 e. The Labute approximate surface area is 173 Å². The summed E-state index contributed by atoms with van der Waals surface area (Å²) in [6.07, 6.45) is 5.21. The molecule has 6 nitrogen and oxygen atoms in total. The molecule has 1 aliphatic carbocycles. The molecular weight excluding hydrogens is 381 g/mol. The number of rotatable bonds is 2. The van der Waals surface area contributed by atoms with Crippen LogP contribution in [0.2, 0.25) is 0 Å². The summed E-state index contributed by atoms with van der Waals surface area (Å²) in [5, 5.41) is 13.3. The molecular formula is C23H24FN5O. The number of hydrogen-bond acceptors (Lipinski definition) is 4. The van der Waals surface area contributed by atoms with Gasteiger partial charge in [-0.15, -0.1) is 10.2 Å². The smallest absolute Gasteiger partial charge is 0.280 e. The van der Waals surface area contributed by atoms with Crippen molar-refractivity contribution < 1.29 is 4.39 Å². The van der Waals surface area contributed by atoms with Crippen LogP contribution in [-0.2, 0) is 0 Å². The van der Waals surface area contributed by atoms with Gasteiger partial charge in [-0.25, -0.2) is 8.91 Å². The van der Waals surface area contributed by atoms with E-state index in [1.165, 1.54) is 18.6 Å². The van der Waals surface area contributed by atoms with Crippen LogP contribution in [0, 0.1) is 24.6 Å². The van der Waals surface area contributed by atoms with E-state index in [4.69, 9.17) is 0 Å². The molecule has 0 N–H and O–H groups in total. The molecule has 1 aromatic carbocycles. The van der Waals surface area contributed by atoms with Gasteiger partial charge in [-0.3, -0.25) is 4.79 Å². The van der Waals surface area contributed by atoms with Crippen LogP contribution in [-0.4, -0.2) is 24.4 Å². The van der Waals surface area contributed by atoms with Crippen molar-refractivity contribution in [1.29, 1.82) is 0 Å². The summed E-state index contributed by atoms with van der Waals surface area (Å²) < 4.78 is 16.9. The molecule has 0 saturated heterocycles. The Morgan fingerprint density at radius 2 is 1.83 bits per heavy atom. The van der Waals surface area contributed by atoms with E-state index < -0.39 is 0 Å². The lowest BCUT2D eigenvalue weighted by molar-refractivity contribution is 0.183. The highest BCUT2D eigenvalue weighted by Gasteiger charge is 2.29. The van der Waals surface area contributed by atoms with Crippen LogP contribution in [0.25, 0.3) is 27.8 Å². The van der Waals surface area contributed by atoms with Crippen molar-refractivity contribution in [2.75, 3.05) is 0 Å². The SMILES string of the molecule is Cc1nn2c(nnc3c(=O)n(C4CCCC(C)C4C)ccc32)c1-c1ccc(F)cc1. The number of aryl methyl sites for hydroxylation is 1. The van der Waals surface area contributed by atoms with Gasteiger partial charge in [0.1, 0.15) is 11.3 Å². The van der Waals surface area contributed by atoms with Gasteiger partial charge >= 0.3 is 0 Å². The lowest BCUT2D eigenvalue weighted by Crippen LogP contribution is -2.34. The minimum absolute atomic E-state index is 0.121. The third-order valence-corrected chi connectivity index (χ3v) is 6.74. The second-order valence-electron chi connectivity index (χ2n) is 8.50. The molecule has 154 valence electrons. The Kier molecular flexibility index (Phi) is 4.41. The van der Waals surface area contributed by atoms with E-state index in [1.807, 2.05) is 23.8 Å². The first-order chi connectivity index (χ1) is 14.5. The molecule has 4 aromatic rings. The zero-order valence-corrected chi connectivity index (χ0v) is 17.3. The Morgan fingerprint density at radius 1 is 1.07 bits per heavy atom. The van der Waals surface area contributed by atoms with Crippen molar-refractivity contribution >= 4 is 16.7 Å². The monoisotopic (exact) mass is 405 g/mol. The van der Waals surface area contributed by atoms with Gasteiger partial charge in [-0.1, -0.05) is 38.8 Å². The Morgan fingerprint density at radius 3 is 2.60 bits per heavy atom. The van der Waals surface area contributed by atoms with Gasteiger partial charge in [0.15, 0.2) is 11.2 Å². The Balaban J connectivity index is 1.68. The van der Waals surface area contributed by atoms with E-state index in [9.17, 15) is 9.18 Å². The van der Waals surface area contributed by atoms with Crippen LogP contribution in [0.5, 0.6) is 0 Å². The van der Waals surface area contributed by atoms with Crippen LogP contribution in [0.15, 0.2) is 41.3 Å². The molecule has 0 amide bonds. The maximum atomic E-state index is 13.4. The number of halogens is 1. The molecule has 3 aromatic heterocycles. The number of benzene rings is 1. The van der Waals surface area contributed by atoms with E-state index in [2.05, 4.69) is 29.1 Å². The van der Waals surface area contributed by atoms with Gasteiger partial charge < -0.3 is 4.57 Å². The first-order valence-corrected chi connectivity index (χ1v) is 10.5. The van der Waals surface area contributed by atoms with Crippen molar-refractivity contribution in [3.05, 3.63) is 58.4 Å². The molecule has 3 atom stereocenters. The summed E-state index contributed by atoms with van der Waals surface area (Å²) in [6, 6.07) is 8.32. The summed E-state index contributed by atoms with van der Waals surface area (Å²) in [5.41, 5.74) is 3.76. The molecule has 3 unspecified atom stereocenters. The summed E-state index contributed by atoms with van der Waals surface area (Å²) >= 11 is 0. The molecule has 1 fully saturated rings. The quantitative estimate of drug-likeness (QED) is 0.491. The third-order valence-electron chi connectivity index (χ3n) is 6.74. The predicted molar refractivity (Wildman–Crippen MR) is 114 cm³/mol. The zero-order chi connectivity index (χ0) is 21.0. The van der Waals surface area contributed by atoms with Crippen LogP contribution in [0.1, 0.15) is 44.8 Å². The molecule has 3 heterocycles. The van der Waals surface area contributed by atoms with Crippen molar-refractivity contribution in [2.45, 2.75) is 46.1 Å². The van der Waals surface area contributed by atoms with Crippen LogP contribution in [0.4, 0.5) is 4.39 Å². The summed E-state index contributed by atoms with van der Waals surface area (Å²) in [4.78, 5) is 13.3. The standard InChI is InChI=1S/C23H24FN5O/c1-13-5-4-6-18(14(13)2)28-12-11-19-21(23(28)30)25-26-22-20(15(3)27-29(19)22)16-7-9-17(24)10-8-16/h7-14,18H,4-6H2,1-3H3. The number of fused-ring (bicyclic) bond motifs is 3. The number of nitrogens with zero attached hydrogens (tertiary/aromatic N) is 5. The van der Waals surface area contributed by atoms with Crippen LogP contribution >= 0.6 is 0 Å². The molecule has 0 aliphatic heterocycles. The van der Waals surface area contributed by atoms with E-state index in [-0.39, 0.29) is 17.4 Å². The minimum atomic E-state index is -0.295. The molecule has 0 spiro atoms. The first kappa shape index (κ1) is 18.9.